The second-order valence-corrected chi connectivity index (χ2v) is 2.01. The molecule has 0 radical (unpaired) electrons. The molecular weight excluding hydrogens is 96.1 g/mol. The van der Waals surface area contributed by atoms with Crippen LogP contribution in [0.25, 0.3) is 0 Å². The van der Waals surface area contributed by atoms with Gasteiger partial charge in [-0.05, 0) is 31.9 Å². The molecular formula is C8H12. The number of hydrogen-bond donors (Lipinski definition) is 0. The van der Waals surface area contributed by atoms with Gasteiger partial charge in [0.1, 0.15) is 0 Å². The van der Waals surface area contributed by atoms with Gasteiger partial charge in [0.2, 0.25) is 0 Å². The first-order chi connectivity index (χ1) is 3.66. The molecule has 0 aromatic carbocycles. The highest BCUT2D eigenvalue weighted by Gasteiger charge is 1.72. The molecule has 0 aromatic rings. The Morgan fingerprint density at radius 1 is 1.38 bits per heavy atom. The van der Waals surface area contributed by atoms with Crippen LogP contribution in [0.4, 0.5) is 0 Å². The van der Waals surface area contributed by atoms with Crippen LogP contribution in [-0.2, 0) is 0 Å². The van der Waals surface area contributed by atoms with E-state index in [-0.39, 0.29) is 0 Å². The summed E-state index contributed by atoms with van der Waals surface area (Å²) < 4.78 is 0. The predicted molar refractivity (Wildman–Crippen MR) is 37.8 cm³/mol. The molecule has 0 heteroatoms. The van der Waals surface area contributed by atoms with E-state index in [1.807, 2.05) is 20.8 Å². The molecule has 0 aromatic heterocycles. The maximum absolute atomic E-state index is 3.60. The van der Waals surface area contributed by atoms with Gasteiger partial charge in [-0.25, -0.2) is 0 Å². The molecule has 0 saturated heterocycles. The lowest BCUT2D eigenvalue weighted by atomic mass is 10.3. The second kappa shape index (κ2) is 3.29. The molecule has 0 N–H and O–H groups in total. The molecule has 0 unspecified atom stereocenters. The Hall–Kier alpha value is -0.740. The van der Waals surface area contributed by atoms with Crippen LogP contribution < -0.4 is 0 Å². The van der Waals surface area contributed by atoms with Gasteiger partial charge in [-0.2, -0.15) is 0 Å². The summed E-state index contributed by atoms with van der Waals surface area (Å²) >= 11 is 0. The third kappa shape index (κ3) is 3.45. The van der Waals surface area contributed by atoms with Crippen LogP contribution in [0, 0.1) is 0 Å². The summed E-state index contributed by atoms with van der Waals surface area (Å²) in [5.74, 6) is 0. The van der Waals surface area contributed by atoms with Crippen molar-refractivity contribution in [1.82, 2.24) is 0 Å². The smallest absolute Gasteiger partial charge is 0.00980 e. The van der Waals surface area contributed by atoms with E-state index in [2.05, 4.69) is 12.3 Å². The standard InChI is InChI=1S/C8H12/c1-5-8(4)6-7(2)3/h5H,1H2,2-4H3. The summed E-state index contributed by atoms with van der Waals surface area (Å²) in [6, 6.07) is 0. The van der Waals surface area contributed by atoms with Crippen molar-refractivity contribution in [1.29, 1.82) is 0 Å². The first-order valence-electron chi connectivity index (χ1n) is 2.70. The van der Waals surface area contributed by atoms with E-state index >= 15 is 0 Å². The monoisotopic (exact) mass is 108 g/mol. The van der Waals surface area contributed by atoms with Crippen molar-refractivity contribution in [2.45, 2.75) is 20.8 Å². The molecule has 0 saturated carbocycles. The highest BCUT2D eigenvalue weighted by atomic mass is 13.8. The summed E-state index contributed by atoms with van der Waals surface area (Å²) in [6.45, 7) is 9.63. The second-order valence-electron chi connectivity index (χ2n) is 2.01. The predicted octanol–water partition coefficient (Wildman–Crippen LogP) is 2.68. The van der Waals surface area contributed by atoms with Crippen LogP contribution in [-0.4, -0.2) is 0 Å². The maximum atomic E-state index is 3.60. The Bertz CT molecular complexity index is 139. The molecule has 0 rings (SSSR count). The minimum absolute atomic E-state index is 1.10. The minimum Gasteiger partial charge on any atom is -0.119 e. The Balaban J connectivity index is 4.36. The SMILES string of the molecule is C=CC(C)=C=C(C)C. The van der Waals surface area contributed by atoms with Crippen molar-refractivity contribution in [3.63, 3.8) is 0 Å². The van der Waals surface area contributed by atoms with Crippen LogP contribution in [0.3, 0.4) is 0 Å². The first kappa shape index (κ1) is 7.26. The summed E-state index contributed by atoms with van der Waals surface area (Å²) in [5, 5.41) is 0. The zero-order chi connectivity index (χ0) is 6.57. The molecule has 0 heterocycles. The van der Waals surface area contributed by atoms with Crippen LogP contribution in [0.15, 0.2) is 29.5 Å². The molecule has 8 heavy (non-hydrogen) atoms. The van der Waals surface area contributed by atoms with Crippen LogP contribution >= 0.6 is 0 Å². The Morgan fingerprint density at radius 3 is 2.00 bits per heavy atom. The van der Waals surface area contributed by atoms with Crippen molar-refractivity contribution in [3.8, 4) is 0 Å². The molecule has 44 valence electrons. The molecule has 0 atom stereocenters. The molecule has 0 fully saturated rings. The summed E-state index contributed by atoms with van der Waals surface area (Å²) in [4.78, 5) is 0. The van der Waals surface area contributed by atoms with Gasteiger partial charge in [-0.3, -0.25) is 0 Å². The van der Waals surface area contributed by atoms with Crippen molar-refractivity contribution >= 4 is 0 Å². The molecule has 0 nitrogen and oxygen atoms in total. The first-order valence-corrected chi connectivity index (χ1v) is 2.70. The van der Waals surface area contributed by atoms with Gasteiger partial charge >= 0.3 is 0 Å². The van der Waals surface area contributed by atoms with Gasteiger partial charge in [0, 0.05) is 0 Å². The van der Waals surface area contributed by atoms with Crippen molar-refractivity contribution in [2.24, 2.45) is 0 Å². The molecule has 0 aliphatic carbocycles. The summed E-state index contributed by atoms with van der Waals surface area (Å²) in [7, 11) is 0. The van der Waals surface area contributed by atoms with Gasteiger partial charge in [0.15, 0.2) is 0 Å². The third-order valence-electron chi connectivity index (χ3n) is 0.753. The lowest BCUT2D eigenvalue weighted by Gasteiger charge is -1.81. The fraction of sp³-hybridized carbons (Fsp3) is 0.375. The fourth-order valence-electron chi connectivity index (χ4n) is 0.445. The lowest BCUT2D eigenvalue weighted by molar-refractivity contribution is 1.38. The van der Waals surface area contributed by atoms with Crippen LogP contribution in [0.1, 0.15) is 20.8 Å². The van der Waals surface area contributed by atoms with Gasteiger partial charge in [0.25, 0.3) is 0 Å². The van der Waals surface area contributed by atoms with E-state index in [4.69, 9.17) is 0 Å². The number of hydrogen-bond acceptors (Lipinski definition) is 0. The van der Waals surface area contributed by atoms with E-state index in [0.717, 1.165) is 5.57 Å². The quantitative estimate of drug-likeness (QED) is 0.358. The van der Waals surface area contributed by atoms with Crippen molar-refractivity contribution in [2.75, 3.05) is 0 Å². The van der Waals surface area contributed by atoms with E-state index in [0.29, 0.717) is 0 Å². The average molecular weight is 108 g/mol. The number of allylic oxidation sites excluding steroid dienone is 2. The highest BCUT2D eigenvalue weighted by molar-refractivity contribution is 5.14. The zero-order valence-corrected chi connectivity index (χ0v) is 5.78. The van der Waals surface area contributed by atoms with E-state index in [9.17, 15) is 0 Å². The van der Waals surface area contributed by atoms with Crippen LogP contribution in [0.5, 0.6) is 0 Å². The molecule has 0 spiro atoms. The van der Waals surface area contributed by atoms with Crippen molar-refractivity contribution < 1.29 is 0 Å². The summed E-state index contributed by atoms with van der Waals surface area (Å²) in [5.41, 5.74) is 5.41. The topological polar surface area (TPSA) is 0 Å². The summed E-state index contributed by atoms with van der Waals surface area (Å²) in [6.07, 6.45) is 1.80. The molecule has 0 aliphatic heterocycles. The lowest BCUT2D eigenvalue weighted by Crippen LogP contribution is -1.61. The zero-order valence-electron chi connectivity index (χ0n) is 5.78. The molecule has 0 bridgehead atoms. The van der Waals surface area contributed by atoms with Crippen molar-refractivity contribution in [3.05, 3.63) is 29.5 Å². The number of rotatable bonds is 1. The van der Waals surface area contributed by atoms with Gasteiger partial charge in [0.05, 0.1) is 0 Å². The Labute approximate surface area is 51.2 Å². The fourth-order valence-corrected chi connectivity index (χ4v) is 0.445. The van der Waals surface area contributed by atoms with Crippen LogP contribution in [0.2, 0.25) is 0 Å². The van der Waals surface area contributed by atoms with Gasteiger partial charge in [-0.15, -0.1) is 5.73 Å². The Kier molecular flexibility index (Phi) is 2.98. The van der Waals surface area contributed by atoms with Gasteiger partial charge < -0.3 is 0 Å². The minimum atomic E-state index is 1.10. The largest absolute Gasteiger partial charge is 0.119 e. The van der Waals surface area contributed by atoms with E-state index in [1.165, 1.54) is 5.57 Å². The third-order valence-corrected chi connectivity index (χ3v) is 0.753. The molecule has 0 amide bonds. The van der Waals surface area contributed by atoms with E-state index < -0.39 is 0 Å². The molecule has 0 aliphatic rings. The average Bonchev–Trinajstić information content (AvgIpc) is 1.65. The van der Waals surface area contributed by atoms with Gasteiger partial charge in [-0.1, -0.05) is 12.7 Å². The highest BCUT2D eigenvalue weighted by Crippen LogP contribution is 1.92. The maximum Gasteiger partial charge on any atom is -0.00980 e. The normalized spacial score (nSPS) is 7.38. The van der Waals surface area contributed by atoms with E-state index in [1.54, 1.807) is 6.08 Å². The Morgan fingerprint density at radius 2 is 1.88 bits per heavy atom.